The number of carbonyl (C=O) groups is 2. The Balaban J connectivity index is 0.000000185. The second-order valence-corrected chi connectivity index (χ2v) is 16.8. The molecule has 0 N–H and O–H groups in total. The van der Waals surface area contributed by atoms with Crippen LogP contribution >= 0.6 is 11.3 Å². The largest absolute Gasteiger partial charge is 0.358 e. The van der Waals surface area contributed by atoms with Gasteiger partial charge in [0.05, 0.1) is 30.5 Å². The first kappa shape index (κ1) is 34.9. The number of rotatable bonds is 6. The Morgan fingerprint density at radius 2 is 1.09 bits per heavy atom. The van der Waals surface area contributed by atoms with Crippen LogP contribution in [0.2, 0.25) is 0 Å². The molecule has 256 valence electrons. The highest BCUT2D eigenvalue weighted by atomic mass is 32.2. The number of sulfonamides is 2. The van der Waals surface area contributed by atoms with Crippen LogP contribution in [0.4, 0.5) is 0 Å². The third kappa shape index (κ3) is 8.38. The molecule has 17 heteroatoms. The highest BCUT2D eigenvalue weighted by molar-refractivity contribution is 7.88. The quantitative estimate of drug-likeness (QED) is 0.416. The number of carbonyl (C=O) groups excluding carboxylic acids is 2. The average molecular weight is 707 g/mol. The van der Waals surface area contributed by atoms with Gasteiger partial charge < -0.3 is 19.6 Å². The number of amides is 2. The molecule has 0 spiro atoms. The van der Waals surface area contributed by atoms with Gasteiger partial charge >= 0.3 is 0 Å². The van der Waals surface area contributed by atoms with E-state index >= 15 is 0 Å². The van der Waals surface area contributed by atoms with Crippen LogP contribution in [0.1, 0.15) is 31.2 Å². The predicted octanol–water partition coefficient (Wildman–Crippen LogP) is 0.254. The van der Waals surface area contributed by atoms with Crippen molar-refractivity contribution in [3.8, 4) is 0 Å². The van der Waals surface area contributed by atoms with Crippen molar-refractivity contribution in [3.63, 3.8) is 0 Å². The van der Waals surface area contributed by atoms with Gasteiger partial charge in [0, 0.05) is 102 Å². The van der Waals surface area contributed by atoms with E-state index in [0.29, 0.717) is 62.8 Å². The second kappa shape index (κ2) is 14.4. The van der Waals surface area contributed by atoms with Crippen molar-refractivity contribution in [2.24, 2.45) is 9.98 Å². The van der Waals surface area contributed by atoms with E-state index in [9.17, 15) is 26.4 Å². The van der Waals surface area contributed by atoms with Gasteiger partial charge in [0.15, 0.2) is 0 Å². The first-order valence-corrected chi connectivity index (χ1v) is 20.0. The number of hydrogen-bond donors (Lipinski definition) is 0. The molecule has 0 bridgehead atoms. The minimum atomic E-state index is -3.18. The minimum absolute atomic E-state index is 0.0318. The summed E-state index contributed by atoms with van der Waals surface area (Å²) in [5, 5.41) is 1.96. The number of hydrogen-bond acceptors (Lipinski definition) is 11. The molecule has 5 heterocycles. The summed E-state index contributed by atoms with van der Waals surface area (Å²) in [6.45, 7) is 6.54. The fraction of sp³-hybridized carbons (Fsp3) is 0.533. The molecule has 4 aliphatic rings. The molecule has 1 aromatic heterocycles. The molecule has 4 aliphatic heterocycles. The van der Waals surface area contributed by atoms with E-state index in [2.05, 4.69) is 19.8 Å². The smallest absolute Gasteiger partial charge is 0.264 e. The maximum Gasteiger partial charge on any atom is 0.264 e. The molecule has 0 atom stereocenters. The number of nitrogens with zero attached hydrogens (tertiary/aromatic N) is 8. The van der Waals surface area contributed by atoms with Gasteiger partial charge in [0.1, 0.15) is 11.7 Å². The molecule has 0 aliphatic carbocycles. The number of amidine groups is 2. The molecule has 2 saturated heterocycles. The van der Waals surface area contributed by atoms with Crippen molar-refractivity contribution < 1.29 is 26.4 Å². The van der Waals surface area contributed by atoms with Gasteiger partial charge in [-0.15, -0.1) is 11.3 Å². The Morgan fingerprint density at radius 1 is 0.638 bits per heavy atom. The van der Waals surface area contributed by atoms with Crippen LogP contribution in [-0.2, 0) is 20.0 Å². The van der Waals surface area contributed by atoms with Crippen LogP contribution in [0.15, 0.2) is 45.7 Å². The van der Waals surface area contributed by atoms with Crippen molar-refractivity contribution >= 4 is 54.9 Å². The maximum atomic E-state index is 12.6. The summed E-state index contributed by atoms with van der Waals surface area (Å²) < 4.78 is 48.9. The van der Waals surface area contributed by atoms with Gasteiger partial charge in [-0.3, -0.25) is 19.6 Å². The van der Waals surface area contributed by atoms with Gasteiger partial charge in [0.2, 0.25) is 20.0 Å². The highest BCUT2D eigenvalue weighted by Crippen LogP contribution is 2.21. The number of likely N-dealkylation sites (N-methyl/N-ethyl adjacent to an activating group) is 2. The lowest BCUT2D eigenvalue weighted by Crippen LogP contribution is -2.50. The van der Waals surface area contributed by atoms with E-state index < -0.39 is 20.0 Å². The summed E-state index contributed by atoms with van der Waals surface area (Å²) in [6.07, 6.45) is 2.40. The number of aliphatic imine (C=N–C) groups is 2. The van der Waals surface area contributed by atoms with Crippen LogP contribution in [0.3, 0.4) is 0 Å². The van der Waals surface area contributed by atoms with Crippen molar-refractivity contribution in [1.82, 2.24) is 28.2 Å². The van der Waals surface area contributed by atoms with Crippen molar-refractivity contribution in [3.05, 3.63) is 57.3 Å². The Labute approximate surface area is 281 Å². The minimum Gasteiger partial charge on any atom is -0.358 e. The second-order valence-electron chi connectivity index (χ2n) is 11.9. The average Bonchev–Trinajstić information content (AvgIpc) is 3.81. The summed E-state index contributed by atoms with van der Waals surface area (Å²) in [7, 11) is -2.36. The van der Waals surface area contributed by atoms with E-state index in [-0.39, 0.29) is 11.8 Å². The van der Waals surface area contributed by atoms with Gasteiger partial charge in [-0.05, 0) is 18.2 Å². The topological polar surface area (TPSA) is 147 Å². The Kier molecular flexibility index (Phi) is 10.7. The molecular weight excluding hydrogens is 665 g/mol. The summed E-state index contributed by atoms with van der Waals surface area (Å²) in [5.41, 5.74) is 2.61. The van der Waals surface area contributed by atoms with Gasteiger partial charge in [-0.25, -0.2) is 16.8 Å². The molecule has 2 fully saturated rings. The molecule has 0 unspecified atom stereocenters. The summed E-state index contributed by atoms with van der Waals surface area (Å²) >= 11 is 1.42. The molecule has 14 nitrogen and oxygen atoms in total. The van der Waals surface area contributed by atoms with Crippen LogP contribution in [0.25, 0.3) is 0 Å². The zero-order valence-corrected chi connectivity index (χ0v) is 29.7. The molecule has 0 saturated carbocycles. The van der Waals surface area contributed by atoms with Gasteiger partial charge in [0.25, 0.3) is 11.8 Å². The summed E-state index contributed by atoms with van der Waals surface area (Å²) in [5.74, 6) is 1.80. The maximum absolute atomic E-state index is 12.6. The summed E-state index contributed by atoms with van der Waals surface area (Å²) in [6, 6.07) is 9.35. The van der Waals surface area contributed by atoms with Crippen LogP contribution in [0, 0.1) is 0 Å². The molecule has 6 rings (SSSR count). The number of benzene rings is 1. The fourth-order valence-corrected chi connectivity index (χ4v) is 8.31. The van der Waals surface area contributed by atoms with E-state index in [1.807, 2.05) is 49.8 Å². The van der Waals surface area contributed by atoms with Crippen LogP contribution in [-0.4, -0.2) is 174 Å². The lowest BCUT2D eigenvalue weighted by atomic mass is 10.1. The SMILES string of the molecule is CN1CCN=C1c1ccc(C(=O)N2CCN(S(C)(=O)=O)CC2)cc1.CN1CCN=C1c1csc(C(=O)N2CCN(S(C)(=O)=O)CC2)c1. The van der Waals surface area contributed by atoms with E-state index in [4.69, 9.17) is 0 Å². The number of piperazine rings is 2. The molecule has 2 amide bonds. The van der Waals surface area contributed by atoms with Crippen LogP contribution in [0.5, 0.6) is 0 Å². The third-order valence-corrected chi connectivity index (χ3v) is 12.1. The first-order valence-electron chi connectivity index (χ1n) is 15.4. The zero-order valence-electron chi connectivity index (χ0n) is 27.2. The van der Waals surface area contributed by atoms with Gasteiger partial charge in [-0.1, -0.05) is 12.1 Å². The third-order valence-electron chi connectivity index (χ3n) is 8.57. The van der Waals surface area contributed by atoms with Gasteiger partial charge in [-0.2, -0.15) is 8.61 Å². The number of thiophene rings is 1. The van der Waals surface area contributed by atoms with E-state index in [1.165, 1.54) is 32.5 Å². The Bertz CT molecular complexity index is 1740. The Hall–Kier alpha value is -3.38. The van der Waals surface area contributed by atoms with Crippen molar-refractivity contribution in [2.45, 2.75) is 0 Å². The normalized spacial score (nSPS) is 19.7. The monoisotopic (exact) mass is 706 g/mol. The predicted molar refractivity (Wildman–Crippen MR) is 183 cm³/mol. The zero-order chi connectivity index (χ0) is 33.9. The molecule has 1 aromatic carbocycles. The van der Waals surface area contributed by atoms with E-state index in [1.54, 1.807) is 9.80 Å². The van der Waals surface area contributed by atoms with Crippen molar-refractivity contribution in [2.75, 3.05) is 105 Å². The standard InChI is InChI=1S/C16H22N4O3S.C14H20N4O3S2/c1-18-8-7-17-15(18)13-3-5-14(6-4-13)16(21)19-9-11-20(12-10-19)24(2,22)23;1-16-4-3-15-13(16)11-9-12(22-10-11)14(19)17-5-7-18(8-6-17)23(2,20)21/h3-6H,7-12H2,1-2H3;9-10H,3-8H2,1-2H3. The Morgan fingerprint density at radius 3 is 1.51 bits per heavy atom. The molecular formula is C30H42N8O6S3. The lowest BCUT2D eigenvalue weighted by molar-refractivity contribution is 0.0694. The van der Waals surface area contributed by atoms with Crippen molar-refractivity contribution in [1.29, 1.82) is 0 Å². The van der Waals surface area contributed by atoms with Crippen LogP contribution < -0.4 is 0 Å². The summed E-state index contributed by atoms with van der Waals surface area (Å²) in [4.78, 5) is 42.4. The molecule has 2 aromatic rings. The highest BCUT2D eigenvalue weighted by Gasteiger charge is 2.29. The fourth-order valence-electron chi connectivity index (χ4n) is 5.80. The van der Waals surface area contributed by atoms with E-state index in [0.717, 1.165) is 49.0 Å². The lowest BCUT2D eigenvalue weighted by Gasteiger charge is -2.33. The molecule has 47 heavy (non-hydrogen) atoms. The first-order chi connectivity index (χ1) is 22.2. The molecule has 0 radical (unpaired) electrons.